The van der Waals surface area contributed by atoms with Gasteiger partial charge >= 0.3 is 11.9 Å². The first-order valence-corrected chi connectivity index (χ1v) is 8.97. The molecule has 4 atom stereocenters. The molecule has 0 rings (SSSR count). The molecule has 0 fully saturated rings. The Bertz CT molecular complexity index is 650. The molecule has 0 radical (unpaired) electrons. The van der Waals surface area contributed by atoms with Gasteiger partial charge in [-0.2, -0.15) is 4.99 Å². The maximum atomic E-state index is 12.2. The van der Waals surface area contributed by atoms with Crippen LogP contribution in [0.25, 0.3) is 0 Å². The van der Waals surface area contributed by atoms with E-state index < -0.39 is 47.9 Å². The molecule has 1 amide bonds. The SMILES string of the molecule is BC(O)C(COC(=O)C(O)(C(B)(B)O)C(O)(O)O)OC(C)N(C)/C=C\C(=N/C=O)NO. The van der Waals surface area contributed by atoms with Crippen molar-refractivity contribution in [2.24, 2.45) is 4.99 Å². The molecule has 0 saturated heterocycles. The largest absolute Gasteiger partial charge is 0.460 e. The highest BCUT2D eigenvalue weighted by Gasteiger charge is 2.64. The molecule has 0 heterocycles. The summed E-state index contributed by atoms with van der Waals surface area (Å²) in [5.41, 5.74) is -1.85. The third kappa shape index (κ3) is 7.90. The molecule has 0 spiro atoms. The number of aliphatic hydroxyl groups is 6. The number of hydrogen-bond acceptors (Lipinski definition) is 12. The lowest BCUT2D eigenvalue weighted by Crippen LogP contribution is -2.73. The highest BCUT2D eigenvalue weighted by atomic mass is 16.7. The molecule has 31 heavy (non-hydrogen) atoms. The van der Waals surface area contributed by atoms with E-state index in [4.69, 9.17) is 14.7 Å². The van der Waals surface area contributed by atoms with Crippen LogP contribution in [0, 0.1) is 0 Å². The molecular formula is C14H28B3N3O11. The molecular weight excluding hydrogens is 419 g/mol. The van der Waals surface area contributed by atoms with E-state index in [2.05, 4.69) is 4.99 Å². The summed E-state index contributed by atoms with van der Waals surface area (Å²) in [6.45, 7) is 0.834. The van der Waals surface area contributed by atoms with E-state index in [0.717, 1.165) is 15.7 Å². The van der Waals surface area contributed by atoms with E-state index in [0.29, 0.717) is 0 Å². The predicted octanol–water partition coefficient (Wildman–Crippen LogP) is -7.53. The van der Waals surface area contributed by atoms with Crippen LogP contribution in [0.15, 0.2) is 17.3 Å². The van der Waals surface area contributed by atoms with Gasteiger partial charge in [-0.15, -0.1) is 0 Å². The molecule has 0 saturated carbocycles. The van der Waals surface area contributed by atoms with Gasteiger partial charge in [0.15, 0.2) is 5.84 Å². The lowest BCUT2D eigenvalue weighted by Gasteiger charge is -2.41. The maximum absolute atomic E-state index is 12.2. The summed E-state index contributed by atoms with van der Waals surface area (Å²) in [5, 5.41) is 64.3. The van der Waals surface area contributed by atoms with Crippen LogP contribution in [-0.4, -0.2) is 131 Å². The molecule has 0 aliphatic rings. The Morgan fingerprint density at radius 1 is 1.26 bits per heavy atom. The Morgan fingerprint density at radius 2 is 1.81 bits per heavy atom. The van der Waals surface area contributed by atoms with Gasteiger partial charge in [0, 0.05) is 24.7 Å². The van der Waals surface area contributed by atoms with E-state index in [-0.39, 0.29) is 12.2 Å². The fraction of sp³-hybridized carbons (Fsp3) is 0.643. The summed E-state index contributed by atoms with van der Waals surface area (Å²) in [6, 6.07) is -1.21. The first kappa shape index (κ1) is 29.0. The summed E-state index contributed by atoms with van der Waals surface area (Å²) >= 11 is 0. The minimum atomic E-state index is -4.04. The number of hydroxylamine groups is 1. The second-order valence-corrected chi connectivity index (χ2v) is 7.23. The van der Waals surface area contributed by atoms with Gasteiger partial charge in [-0.25, -0.2) is 4.79 Å². The number of amides is 1. The average molecular weight is 447 g/mol. The van der Waals surface area contributed by atoms with Gasteiger partial charge in [-0.3, -0.25) is 15.5 Å². The first-order valence-electron chi connectivity index (χ1n) is 8.97. The number of aliphatic hydroxyl groups excluding tert-OH is 1. The van der Waals surface area contributed by atoms with E-state index in [9.17, 15) is 40.2 Å². The molecule has 0 aromatic rings. The Labute approximate surface area is 181 Å². The normalized spacial score (nSPS) is 18.0. The Kier molecular flexibility index (Phi) is 10.9. The minimum Gasteiger partial charge on any atom is -0.460 e. The van der Waals surface area contributed by atoms with Crippen LogP contribution in [0.2, 0.25) is 0 Å². The van der Waals surface area contributed by atoms with Crippen molar-refractivity contribution in [3.8, 4) is 0 Å². The van der Waals surface area contributed by atoms with Crippen LogP contribution in [0.4, 0.5) is 0 Å². The number of nitrogens with one attached hydrogen (secondary N) is 1. The molecule has 0 aliphatic carbocycles. The number of aliphatic imine (C=N–C) groups is 1. The fourth-order valence-electron chi connectivity index (χ4n) is 2.18. The molecule has 14 nitrogen and oxygen atoms in total. The van der Waals surface area contributed by atoms with Gasteiger partial charge in [-0.1, -0.05) is 0 Å². The van der Waals surface area contributed by atoms with Gasteiger partial charge in [0.2, 0.25) is 6.41 Å². The topological polar surface area (TPSA) is 222 Å². The summed E-state index contributed by atoms with van der Waals surface area (Å²) in [6.07, 6.45) is 0.844. The van der Waals surface area contributed by atoms with Crippen LogP contribution < -0.4 is 5.48 Å². The van der Waals surface area contributed by atoms with Gasteiger partial charge in [0.1, 0.15) is 42.5 Å². The second kappa shape index (κ2) is 11.6. The predicted molar refractivity (Wildman–Crippen MR) is 112 cm³/mol. The van der Waals surface area contributed by atoms with Crippen LogP contribution in [0.5, 0.6) is 0 Å². The highest BCUT2D eigenvalue weighted by molar-refractivity contribution is 6.41. The number of hydrogen-bond donors (Lipinski definition) is 8. The quantitative estimate of drug-likeness (QED) is 0.0265. The average Bonchev–Trinajstić information content (AvgIpc) is 2.64. The van der Waals surface area contributed by atoms with Crippen molar-refractivity contribution in [2.75, 3.05) is 13.7 Å². The number of nitrogens with zero attached hydrogens (tertiary/aromatic N) is 2. The van der Waals surface area contributed by atoms with Crippen molar-refractivity contribution < 1.29 is 54.9 Å². The number of amidine groups is 1. The standard InChI is InChI=1S/C14H28B3N3O11/c1-7(20(2)4-3-9(19-29)18-6-21)31-8(10(15)22)5-30-11(23)12(24,13(16,17)25)14(26,27)28/h3-4,6-8,10,22,24-29H,5,15-17H2,1-2H3,(H,18,19,21)/b4-3-. The Hall–Kier alpha value is -1.98. The smallest absolute Gasteiger partial charge is 0.348 e. The summed E-state index contributed by atoms with van der Waals surface area (Å²) < 4.78 is 10.3. The van der Waals surface area contributed by atoms with E-state index in [1.165, 1.54) is 39.0 Å². The Morgan fingerprint density at radius 3 is 2.19 bits per heavy atom. The lowest BCUT2D eigenvalue weighted by atomic mass is 9.55. The zero-order valence-corrected chi connectivity index (χ0v) is 17.8. The number of ether oxygens (including phenoxy) is 2. The number of carbonyl (C=O) groups excluding carboxylic acids is 2. The van der Waals surface area contributed by atoms with E-state index in [1.54, 1.807) is 5.48 Å². The summed E-state index contributed by atoms with van der Waals surface area (Å²) in [5.74, 6) is -5.99. The van der Waals surface area contributed by atoms with Gasteiger partial charge in [0.05, 0.1) is 0 Å². The van der Waals surface area contributed by atoms with E-state index >= 15 is 0 Å². The number of esters is 1. The molecule has 0 aromatic carbocycles. The molecule has 4 unspecified atom stereocenters. The molecule has 174 valence electrons. The van der Waals surface area contributed by atoms with Crippen molar-refractivity contribution in [1.29, 1.82) is 0 Å². The van der Waals surface area contributed by atoms with Crippen LogP contribution in [-0.2, 0) is 19.1 Å². The summed E-state index contributed by atoms with van der Waals surface area (Å²) in [4.78, 5) is 27.3. The zero-order valence-electron chi connectivity index (χ0n) is 17.8. The lowest BCUT2D eigenvalue weighted by molar-refractivity contribution is -0.395. The maximum Gasteiger partial charge on any atom is 0.348 e. The second-order valence-electron chi connectivity index (χ2n) is 7.23. The van der Waals surface area contributed by atoms with Gasteiger partial charge < -0.3 is 45.0 Å². The third-order valence-electron chi connectivity index (χ3n) is 4.30. The number of carbonyl (C=O) groups is 2. The highest BCUT2D eigenvalue weighted by Crippen LogP contribution is 2.28. The van der Waals surface area contributed by atoms with Crippen molar-refractivity contribution in [3.63, 3.8) is 0 Å². The van der Waals surface area contributed by atoms with Gasteiger partial charge in [0.25, 0.3) is 5.60 Å². The van der Waals surface area contributed by atoms with Crippen LogP contribution >= 0.6 is 0 Å². The molecule has 0 bridgehead atoms. The molecule has 0 aromatic heterocycles. The summed E-state index contributed by atoms with van der Waals surface area (Å²) in [7, 11) is 4.51. The number of rotatable bonds is 12. The van der Waals surface area contributed by atoms with Crippen molar-refractivity contribution in [3.05, 3.63) is 12.3 Å². The first-order chi connectivity index (χ1) is 14.0. The van der Waals surface area contributed by atoms with Crippen molar-refractivity contribution in [1.82, 2.24) is 10.4 Å². The Balaban J connectivity index is 5.28. The van der Waals surface area contributed by atoms with E-state index in [1.807, 2.05) is 0 Å². The molecule has 0 aliphatic heterocycles. The third-order valence-corrected chi connectivity index (χ3v) is 4.30. The van der Waals surface area contributed by atoms with Crippen LogP contribution in [0.1, 0.15) is 6.92 Å². The molecule has 8 N–H and O–H groups in total. The zero-order chi connectivity index (χ0) is 24.6. The fourth-order valence-corrected chi connectivity index (χ4v) is 2.18. The monoisotopic (exact) mass is 447 g/mol. The molecule has 17 heteroatoms. The minimum absolute atomic E-state index is 0.165. The van der Waals surface area contributed by atoms with Crippen molar-refractivity contribution >= 4 is 41.8 Å². The van der Waals surface area contributed by atoms with Crippen molar-refractivity contribution in [2.45, 2.75) is 42.2 Å². The van der Waals surface area contributed by atoms with Crippen LogP contribution in [0.3, 0.4) is 0 Å². The van der Waals surface area contributed by atoms with Gasteiger partial charge in [-0.05, 0) is 13.0 Å².